The first kappa shape index (κ1) is 18.4. The number of aromatic nitrogens is 2. The van der Waals surface area contributed by atoms with Gasteiger partial charge in [-0.15, -0.1) is 0 Å². The van der Waals surface area contributed by atoms with Gasteiger partial charge in [0, 0.05) is 23.5 Å². The average molecular weight is 366 g/mol. The van der Waals surface area contributed by atoms with Crippen LogP contribution < -0.4 is 15.4 Å². The minimum atomic E-state index is -0.416. The maximum absolute atomic E-state index is 12.8. The van der Waals surface area contributed by atoms with Crippen LogP contribution in [0.3, 0.4) is 0 Å². The molecule has 3 rings (SSSR count). The summed E-state index contributed by atoms with van der Waals surface area (Å²) >= 11 is 0. The van der Waals surface area contributed by atoms with E-state index in [1.165, 1.54) is 0 Å². The highest BCUT2D eigenvalue weighted by Crippen LogP contribution is 2.19. The van der Waals surface area contributed by atoms with Gasteiger partial charge in [0.25, 0.3) is 11.8 Å². The van der Waals surface area contributed by atoms with E-state index in [4.69, 9.17) is 4.74 Å². The molecule has 0 aliphatic carbocycles. The van der Waals surface area contributed by atoms with E-state index < -0.39 is 11.4 Å². The van der Waals surface area contributed by atoms with Crippen molar-refractivity contribution in [2.75, 3.05) is 12.4 Å². The summed E-state index contributed by atoms with van der Waals surface area (Å²) in [5.74, 6) is 0.0509. The second-order valence-electron chi connectivity index (χ2n) is 7.13. The van der Waals surface area contributed by atoms with Gasteiger partial charge in [-0.3, -0.25) is 14.0 Å². The van der Waals surface area contributed by atoms with Crippen molar-refractivity contribution in [1.29, 1.82) is 0 Å². The Morgan fingerprint density at radius 1 is 1.07 bits per heavy atom. The monoisotopic (exact) mass is 366 g/mol. The van der Waals surface area contributed by atoms with Crippen molar-refractivity contribution >= 4 is 23.0 Å². The SMILES string of the molecule is COc1cccc(NC(=O)c2nc(C(=O)NC(C)(C)C)n3ccccc23)c1. The zero-order chi connectivity index (χ0) is 19.6. The van der Waals surface area contributed by atoms with Crippen LogP contribution in [0, 0.1) is 0 Å². The van der Waals surface area contributed by atoms with E-state index in [1.54, 1.807) is 60.2 Å². The molecule has 0 spiro atoms. The van der Waals surface area contributed by atoms with E-state index in [9.17, 15) is 9.59 Å². The molecule has 0 fully saturated rings. The quantitative estimate of drug-likeness (QED) is 0.743. The zero-order valence-electron chi connectivity index (χ0n) is 15.7. The number of pyridine rings is 1. The molecular formula is C20H22N4O3. The molecule has 0 aliphatic rings. The first-order chi connectivity index (χ1) is 12.8. The number of hydrogen-bond acceptors (Lipinski definition) is 4. The lowest BCUT2D eigenvalue weighted by atomic mass is 10.1. The number of rotatable bonds is 4. The number of benzene rings is 1. The minimum Gasteiger partial charge on any atom is -0.497 e. The number of nitrogens with zero attached hydrogens (tertiary/aromatic N) is 2. The summed E-state index contributed by atoms with van der Waals surface area (Å²) in [6.45, 7) is 5.66. The molecule has 2 heterocycles. The molecule has 2 amide bonds. The number of anilines is 1. The van der Waals surface area contributed by atoms with Crippen molar-refractivity contribution in [3.8, 4) is 5.75 Å². The molecule has 7 nitrogen and oxygen atoms in total. The summed E-state index contributed by atoms with van der Waals surface area (Å²) < 4.78 is 6.78. The number of carbonyl (C=O) groups excluding carboxylic acids is 2. The van der Waals surface area contributed by atoms with Crippen molar-refractivity contribution < 1.29 is 14.3 Å². The van der Waals surface area contributed by atoms with Gasteiger partial charge < -0.3 is 15.4 Å². The summed E-state index contributed by atoms with van der Waals surface area (Å²) in [5, 5.41) is 5.67. The van der Waals surface area contributed by atoms with Crippen LogP contribution in [0.25, 0.3) is 5.52 Å². The molecule has 0 radical (unpaired) electrons. The average Bonchev–Trinajstić information content (AvgIpc) is 3.00. The molecule has 2 aromatic heterocycles. The fourth-order valence-electron chi connectivity index (χ4n) is 2.65. The summed E-state index contributed by atoms with van der Waals surface area (Å²) in [6.07, 6.45) is 1.71. The third kappa shape index (κ3) is 4.08. The summed E-state index contributed by atoms with van der Waals surface area (Å²) in [5.41, 5.74) is 0.896. The fourth-order valence-corrected chi connectivity index (χ4v) is 2.65. The predicted molar refractivity (Wildman–Crippen MR) is 103 cm³/mol. The molecular weight excluding hydrogens is 344 g/mol. The van der Waals surface area contributed by atoms with E-state index in [0.717, 1.165) is 0 Å². The smallest absolute Gasteiger partial charge is 0.288 e. The van der Waals surface area contributed by atoms with Crippen LogP contribution in [0.4, 0.5) is 5.69 Å². The van der Waals surface area contributed by atoms with Crippen LogP contribution in [-0.4, -0.2) is 33.8 Å². The largest absolute Gasteiger partial charge is 0.497 e. The molecule has 140 valence electrons. The van der Waals surface area contributed by atoms with E-state index in [1.807, 2.05) is 20.8 Å². The highest BCUT2D eigenvalue weighted by atomic mass is 16.5. The second kappa shape index (κ2) is 7.11. The van der Waals surface area contributed by atoms with Crippen LogP contribution in [-0.2, 0) is 0 Å². The summed E-state index contributed by atoms with van der Waals surface area (Å²) in [6, 6.07) is 12.4. The lowest BCUT2D eigenvalue weighted by Gasteiger charge is -2.19. The fraction of sp³-hybridized carbons (Fsp3) is 0.250. The molecule has 0 bridgehead atoms. The summed E-state index contributed by atoms with van der Waals surface area (Å²) in [4.78, 5) is 29.7. The highest BCUT2D eigenvalue weighted by molar-refractivity contribution is 6.09. The van der Waals surface area contributed by atoms with E-state index >= 15 is 0 Å². The Morgan fingerprint density at radius 2 is 1.85 bits per heavy atom. The lowest BCUT2D eigenvalue weighted by Crippen LogP contribution is -2.41. The molecule has 0 unspecified atom stereocenters. The first-order valence-electron chi connectivity index (χ1n) is 8.53. The number of carbonyl (C=O) groups is 2. The van der Waals surface area contributed by atoms with Crippen LogP contribution >= 0.6 is 0 Å². The van der Waals surface area contributed by atoms with Crippen molar-refractivity contribution in [3.05, 3.63) is 60.2 Å². The van der Waals surface area contributed by atoms with Crippen LogP contribution in [0.2, 0.25) is 0 Å². The van der Waals surface area contributed by atoms with Gasteiger partial charge in [0.15, 0.2) is 5.69 Å². The Kier molecular flexibility index (Phi) is 4.85. The molecule has 0 atom stereocenters. The molecule has 2 N–H and O–H groups in total. The lowest BCUT2D eigenvalue weighted by molar-refractivity contribution is 0.0908. The van der Waals surface area contributed by atoms with Crippen LogP contribution in [0.15, 0.2) is 48.7 Å². The normalized spacial score (nSPS) is 11.3. The number of imidazole rings is 1. The molecule has 0 aliphatic heterocycles. The Bertz CT molecular complexity index is 1000. The van der Waals surface area contributed by atoms with Crippen molar-refractivity contribution in [2.24, 2.45) is 0 Å². The number of methoxy groups -OCH3 is 1. The van der Waals surface area contributed by atoms with Gasteiger partial charge in [-0.2, -0.15) is 0 Å². The number of amides is 2. The third-order valence-corrected chi connectivity index (χ3v) is 3.78. The maximum atomic E-state index is 12.8. The summed E-state index contributed by atoms with van der Waals surface area (Å²) in [7, 11) is 1.56. The van der Waals surface area contributed by atoms with Crippen LogP contribution in [0.5, 0.6) is 5.75 Å². The Morgan fingerprint density at radius 3 is 2.56 bits per heavy atom. The van der Waals surface area contributed by atoms with Gasteiger partial charge in [0.1, 0.15) is 5.75 Å². The predicted octanol–water partition coefficient (Wildman–Crippen LogP) is 3.12. The van der Waals surface area contributed by atoms with Gasteiger partial charge in [0.2, 0.25) is 5.82 Å². The second-order valence-corrected chi connectivity index (χ2v) is 7.13. The van der Waals surface area contributed by atoms with Gasteiger partial charge in [-0.05, 0) is 45.0 Å². The molecule has 0 saturated carbocycles. The molecule has 27 heavy (non-hydrogen) atoms. The number of hydrogen-bond donors (Lipinski definition) is 2. The highest BCUT2D eigenvalue weighted by Gasteiger charge is 2.24. The van der Waals surface area contributed by atoms with E-state index in [0.29, 0.717) is 17.0 Å². The topological polar surface area (TPSA) is 84.7 Å². The first-order valence-corrected chi connectivity index (χ1v) is 8.53. The number of fused-ring (bicyclic) bond motifs is 1. The minimum absolute atomic E-state index is 0.163. The van der Waals surface area contributed by atoms with Crippen molar-refractivity contribution in [3.63, 3.8) is 0 Å². The van der Waals surface area contributed by atoms with Crippen molar-refractivity contribution in [1.82, 2.24) is 14.7 Å². The standard InChI is InChI=1S/C20H22N4O3/c1-20(2,3)23-19(26)17-22-16(15-10-5-6-11-24(15)17)18(25)21-13-8-7-9-14(12-13)27-4/h5-12H,1-4H3,(H,21,25)(H,23,26). The molecule has 0 saturated heterocycles. The Hall–Kier alpha value is -3.35. The van der Waals surface area contributed by atoms with Gasteiger partial charge >= 0.3 is 0 Å². The number of ether oxygens (including phenoxy) is 1. The molecule has 7 heteroatoms. The third-order valence-electron chi connectivity index (χ3n) is 3.78. The maximum Gasteiger partial charge on any atom is 0.288 e. The van der Waals surface area contributed by atoms with E-state index in [-0.39, 0.29) is 17.4 Å². The number of nitrogens with one attached hydrogen (secondary N) is 2. The van der Waals surface area contributed by atoms with Crippen molar-refractivity contribution in [2.45, 2.75) is 26.3 Å². The zero-order valence-corrected chi connectivity index (χ0v) is 15.7. The molecule has 3 aromatic rings. The Labute approximate surface area is 157 Å². The van der Waals surface area contributed by atoms with Gasteiger partial charge in [0.05, 0.1) is 12.6 Å². The van der Waals surface area contributed by atoms with Gasteiger partial charge in [-0.1, -0.05) is 12.1 Å². The Balaban J connectivity index is 1.96. The molecule has 1 aromatic carbocycles. The van der Waals surface area contributed by atoms with Crippen LogP contribution in [0.1, 0.15) is 41.9 Å². The van der Waals surface area contributed by atoms with Gasteiger partial charge in [-0.25, -0.2) is 4.98 Å². The van der Waals surface area contributed by atoms with E-state index in [2.05, 4.69) is 15.6 Å².